The van der Waals surface area contributed by atoms with E-state index >= 15 is 0 Å². The summed E-state index contributed by atoms with van der Waals surface area (Å²) in [6, 6.07) is 7.85. The third-order valence-electron chi connectivity index (χ3n) is 2.85. The average molecular weight is 204 g/mol. The van der Waals surface area contributed by atoms with E-state index in [1.165, 1.54) is 0 Å². The van der Waals surface area contributed by atoms with Crippen LogP contribution in [0.15, 0.2) is 34.9 Å². The molecule has 80 valence electrons. The molecule has 0 amide bonds. The number of rotatable bonds is 3. The van der Waals surface area contributed by atoms with Gasteiger partial charge in [0.15, 0.2) is 0 Å². The maximum atomic E-state index is 6.12. The first-order valence-electron chi connectivity index (χ1n) is 5.16. The molecule has 0 saturated carbocycles. The van der Waals surface area contributed by atoms with Crippen LogP contribution in [0.3, 0.4) is 0 Å². The smallest absolute Gasteiger partial charge is 0.134 e. The van der Waals surface area contributed by atoms with Gasteiger partial charge in [-0.25, -0.2) is 0 Å². The molecule has 1 aromatic carbocycles. The molecule has 4 N–H and O–H groups in total. The zero-order chi connectivity index (χ0) is 10.8. The van der Waals surface area contributed by atoms with Crippen LogP contribution in [-0.4, -0.2) is 6.54 Å². The van der Waals surface area contributed by atoms with Crippen molar-refractivity contribution in [3.8, 4) is 0 Å². The Kier molecular flexibility index (Phi) is 2.75. The molecule has 1 heterocycles. The van der Waals surface area contributed by atoms with Gasteiger partial charge >= 0.3 is 0 Å². The first-order valence-corrected chi connectivity index (χ1v) is 5.16. The molecule has 2 unspecified atom stereocenters. The van der Waals surface area contributed by atoms with Gasteiger partial charge in [0.2, 0.25) is 0 Å². The van der Waals surface area contributed by atoms with Crippen molar-refractivity contribution < 1.29 is 4.42 Å². The van der Waals surface area contributed by atoms with Gasteiger partial charge in [0, 0.05) is 17.0 Å². The van der Waals surface area contributed by atoms with Crippen LogP contribution in [0, 0.1) is 5.92 Å². The van der Waals surface area contributed by atoms with Gasteiger partial charge in [-0.15, -0.1) is 0 Å². The van der Waals surface area contributed by atoms with Gasteiger partial charge in [-0.1, -0.05) is 25.1 Å². The predicted octanol–water partition coefficient (Wildman–Crippen LogP) is 2.03. The predicted molar refractivity (Wildman–Crippen MR) is 61.4 cm³/mol. The first-order chi connectivity index (χ1) is 7.24. The Morgan fingerprint density at radius 2 is 2.07 bits per heavy atom. The maximum Gasteiger partial charge on any atom is 0.134 e. The summed E-state index contributed by atoms with van der Waals surface area (Å²) in [5, 5.41) is 1.09. The van der Waals surface area contributed by atoms with E-state index in [2.05, 4.69) is 0 Å². The molecular formula is C12H16N2O. The number of furan rings is 1. The molecule has 3 nitrogen and oxygen atoms in total. The van der Waals surface area contributed by atoms with E-state index in [0.717, 1.165) is 16.5 Å². The molecule has 0 radical (unpaired) electrons. The van der Waals surface area contributed by atoms with Crippen LogP contribution in [0.1, 0.15) is 18.5 Å². The van der Waals surface area contributed by atoms with Gasteiger partial charge < -0.3 is 15.9 Å². The number of fused-ring (bicyclic) bond motifs is 1. The largest absolute Gasteiger partial charge is 0.464 e. The Morgan fingerprint density at radius 1 is 1.33 bits per heavy atom. The standard InChI is InChI=1S/C12H16N2O/c1-8(6-13)12(14)10-7-15-11-5-3-2-4-9(10)11/h2-5,7-8,12H,6,13-14H2,1H3. The van der Waals surface area contributed by atoms with E-state index in [0.29, 0.717) is 6.54 Å². The molecule has 0 fully saturated rings. The zero-order valence-electron chi connectivity index (χ0n) is 8.81. The minimum Gasteiger partial charge on any atom is -0.464 e. The Morgan fingerprint density at radius 3 is 2.80 bits per heavy atom. The van der Waals surface area contributed by atoms with Crippen molar-refractivity contribution in [3.63, 3.8) is 0 Å². The minimum atomic E-state index is -0.0568. The number of hydrogen-bond acceptors (Lipinski definition) is 3. The highest BCUT2D eigenvalue weighted by atomic mass is 16.3. The fraction of sp³-hybridized carbons (Fsp3) is 0.333. The third-order valence-corrected chi connectivity index (χ3v) is 2.85. The highest BCUT2D eigenvalue weighted by molar-refractivity contribution is 5.81. The van der Waals surface area contributed by atoms with Crippen LogP contribution in [0.2, 0.25) is 0 Å². The molecule has 0 saturated heterocycles. The summed E-state index contributed by atoms with van der Waals surface area (Å²) in [7, 11) is 0. The quantitative estimate of drug-likeness (QED) is 0.804. The van der Waals surface area contributed by atoms with Crippen molar-refractivity contribution in [2.45, 2.75) is 13.0 Å². The van der Waals surface area contributed by atoms with Crippen molar-refractivity contribution >= 4 is 11.0 Å². The molecule has 2 rings (SSSR count). The lowest BCUT2D eigenvalue weighted by Crippen LogP contribution is -2.25. The van der Waals surface area contributed by atoms with Gasteiger partial charge in [0.25, 0.3) is 0 Å². The summed E-state index contributed by atoms with van der Waals surface area (Å²) >= 11 is 0. The van der Waals surface area contributed by atoms with E-state index in [9.17, 15) is 0 Å². The van der Waals surface area contributed by atoms with Gasteiger partial charge in [-0.2, -0.15) is 0 Å². The van der Waals surface area contributed by atoms with Crippen LogP contribution < -0.4 is 11.5 Å². The molecular weight excluding hydrogens is 188 g/mol. The lowest BCUT2D eigenvalue weighted by molar-refractivity contribution is 0.476. The second-order valence-electron chi connectivity index (χ2n) is 3.93. The first kappa shape index (κ1) is 10.2. The third kappa shape index (κ3) is 1.76. The SMILES string of the molecule is CC(CN)C(N)c1coc2ccccc12. The molecule has 3 heteroatoms. The topological polar surface area (TPSA) is 65.2 Å². The molecule has 15 heavy (non-hydrogen) atoms. The number of nitrogens with two attached hydrogens (primary N) is 2. The lowest BCUT2D eigenvalue weighted by Gasteiger charge is -2.16. The Bertz CT molecular complexity index is 450. The van der Waals surface area contributed by atoms with Crippen LogP contribution in [-0.2, 0) is 0 Å². The van der Waals surface area contributed by atoms with E-state index in [-0.39, 0.29) is 12.0 Å². The second-order valence-corrected chi connectivity index (χ2v) is 3.93. The zero-order valence-corrected chi connectivity index (χ0v) is 8.81. The molecule has 1 aromatic heterocycles. The Labute approximate surface area is 89.0 Å². The highest BCUT2D eigenvalue weighted by Crippen LogP contribution is 2.28. The van der Waals surface area contributed by atoms with Crippen molar-refractivity contribution in [1.82, 2.24) is 0 Å². The normalized spacial score (nSPS) is 15.4. The number of hydrogen-bond donors (Lipinski definition) is 2. The summed E-state index contributed by atoms with van der Waals surface area (Å²) in [5.41, 5.74) is 13.7. The highest BCUT2D eigenvalue weighted by Gasteiger charge is 2.17. The fourth-order valence-corrected chi connectivity index (χ4v) is 1.71. The number of benzene rings is 1. The van der Waals surface area contributed by atoms with Crippen molar-refractivity contribution in [3.05, 3.63) is 36.1 Å². The monoisotopic (exact) mass is 204 g/mol. The van der Waals surface area contributed by atoms with E-state index in [1.54, 1.807) is 6.26 Å². The average Bonchev–Trinajstić information content (AvgIpc) is 2.70. The Balaban J connectivity index is 2.43. The van der Waals surface area contributed by atoms with Crippen molar-refractivity contribution in [2.75, 3.05) is 6.54 Å². The second kappa shape index (κ2) is 4.04. The molecule has 2 aromatic rings. The lowest BCUT2D eigenvalue weighted by atomic mass is 9.95. The van der Waals surface area contributed by atoms with Gasteiger partial charge in [0.05, 0.1) is 6.26 Å². The fourth-order valence-electron chi connectivity index (χ4n) is 1.71. The molecule has 0 aliphatic heterocycles. The summed E-state index contributed by atoms with van der Waals surface area (Å²) in [6.07, 6.45) is 1.74. The van der Waals surface area contributed by atoms with Crippen molar-refractivity contribution in [1.29, 1.82) is 0 Å². The van der Waals surface area contributed by atoms with E-state index < -0.39 is 0 Å². The van der Waals surface area contributed by atoms with Crippen LogP contribution in [0.25, 0.3) is 11.0 Å². The summed E-state index contributed by atoms with van der Waals surface area (Å²) in [5.74, 6) is 0.256. The van der Waals surface area contributed by atoms with Crippen LogP contribution in [0.4, 0.5) is 0 Å². The summed E-state index contributed by atoms with van der Waals surface area (Å²) in [6.45, 7) is 2.63. The summed E-state index contributed by atoms with van der Waals surface area (Å²) in [4.78, 5) is 0. The van der Waals surface area contributed by atoms with Gasteiger partial charge in [-0.05, 0) is 18.5 Å². The van der Waals surface area contributed by atoms with E-state index in [1.807, 2.05) is 31.2 Å². The molecule has 0 bridgehead atoms. The summed E-state index contributed by atoms with van der Waals surface area (Å²) < 4.78 is 5.44. The van der Waals surface area contributed by atoms with Gasteiger partial charge in [-0.3, -0.25) is 0 Å². The maximum absolute atomic E-state index is 6.12. The minimum absolute atomic E-state index is 0.0568. The molecule has 0 aliphatic carbocycles. The number of para-hydroxylation sites is 1. The van der Waals surface area contributed by atoms with Crippen LogP contribution >= 0.6 is 0 Å². The Hall–Kier alpha value is -1.32. The molecule has 0 spiro atoms. The van der Waals surface area contributed by atoms with Crippen LogP contribution in [0.5, 0.6) is 0 Å². The molecule has 2 atom stereocenters. The van der Waals surface area contributed by atoms with Gasteiger partial charge in [0.1, 0.15) is 5.58 Å². The molecule has 0 aliphatic rings. The van der Waals surface area contributed by atoms with Crippen molar-refractivity contribution in [2.24, 2.45) is 17.4 Å². The van der Waals surface area contributed by atoms with E-state index in [4.69, 9.17) is 15.9 Å².